The Balaban J connectivity index is 1.97. The molecule has 1 aliphatic rings. The normalized spacial score (nSPS) is 17.2. The van der Waals surface area contributed by atoms with Crippen molar-refractivity contribution in [3.05, 3.63) is 29.8 Å². The highest BCUT2D eigenvalue weighted by Crippen LogP contribution is 2.17. The molecule has 1 aliphatic heterocycles. The van der Waals surface area contributed by atoms with E-state index in [4.69, 9.17) is 9.84 Å². The van der Waals surface area contributed by atoms with Gasteiger partial charge in [-0.25, -0.2) is 0 Å². The third kappa shape index (κ3) is 4.24. The molecule has 1 aromatic rings. The molecule has 0 aliphatic carbocycles. The maximum Gasteiger partial charge on any atom is 0.308 e. The van der Waals surface area contributed by atoms with Gasteiger partial charge in [-0.15, -0.1) is 0 Å². The van der Waals surface area contributed by atoms with Gasteiger partial charge in [0.15, 0.2) is 0 Å². The second kappa shape index (κ2) is 7.81. The maximum absolute atomic E-state index is 12.4. The van der Waals surface area contributed by atoms with Crippen LogP contribution in [0.3, 0.4) is 0 Å². The van der Waals surface area contributed by atoms with E-state index < -0.39 is 11.9 Å². The second-order valence-electron chi connectivity index (χ2n) is 5.91. The number of hydrogen-bond acceptors (Lipinski definition) is 4. The molecule has 0 aromatic heterocycles. The smallest absolute Gasteiger partial charge is 0.308 e. The van der Waals surface area contributed by atoms with Crippen LogP contribution in [0.15, 0.2) is 24.3 Å². The van der Waals surface area contributed by atoms with Gasteiger partial charge in [0.2, 0.25) is 5.91 Å². The zero-order valence-electron chi connectivity index (χ0n) is 13.9. The van der Waals surface area contributed by atoms with E-state index in [-0.39, 0.29) is 24.9 Å². The van der Waals surface area contributed by atoms with Crippen LogP contribution in [0, 0.1) is 5.92 Å². The largest absolute Gasteiger partial charge is 0.497 e. The van der Waals surface area contributed by atoms with Gasteiger partial charge in [0.05, 0.1) is 19.6 Å². The first kappa shape index (κ1) is 17.8. The lowest BCUT2D eigenvalue weighted by atomic mass is 9.98. The average Bonchev–Trinajstić information content (AvgIpc) is 2.61. The molecular formula is C17H22N2O5. The number of aliphatic carboxylic acids is 1. The Labute approximate surface area is 140 Å². The summed E-state index contributed by atoms with van der Waals surface area (Å²) in [6.45, 7) is 0.654. The molecule has 0 bridgehead atoms. The fraction of sp³-hybridized carbons (Fsp3) is 0.471. The van der Waals surface area contributed by atoms with Gasteiger partial charge in [0.25, 0.3) is 5.91 Å². The quantitative estimate of drug-likeness (QED) is 0.871. The van der Waals surface area contributed by atoms with Crippen LogP contribution < -0.4 is 4.74 Å². The fourth-order valence-electron chi connectivity index (χ4n) is 2.76. The Morgan fingerprint density at radius 3 is 2.79 bits per heavy atom. The molecule has 2 rings (SSSR count). The number of likely N-dealkylation sites (N-methyl/N-ethyl adjacent to an activating group) is 1. The molecule has 1 aromatic carbocycles. The van der Waals surface area contributed by atoms with Crippen molar-refractivity contribution >= 4 is 17.8 Å². The third-order valence-corrected chi connectivity index (χ3v) is 4.16. The molecule has 1 N–H and O–H groups in total. The number of likely N-dealkylation sites (tertiary alicyclic amines) is 1. The monoisotopic (exact) mass is 334 g/mol. The molecule has 7 heteroatoms. The number of nitrogens with zero attached hydrogens (tertiary/aromatic N) is 2. The van der Waals surface area contributed by atoms with Crippen LogP contribution in [-0.4, -0.2) is 66.5 Å². The highest BCUT2D eigenvalue weighted by Gasteiger charge is 2.29. The van der Waals surface area contributed by atoms with E-state index in [1.807, 2.05) is 0 Å². The Kier molecular flexibility index (Phi) is 5.78. The summed E-state index contributed by atoms with van der Waals surface area (Å²) in [6.07, 6.45) is 1.24. The van der Waals surface area contributed by atoms with E-state index in [0.29, 0.717) is 30.7 Å². The van der Waals surface area contributed by atoms with Crippen molar-refractivity contribution in [3.8, 4) is 5.75 Å². The summed E-state index contributed by atoms with van der Waals surface area (Å²) >= 11 is 0. The molecule has 0 spiro atoms. The number of carbonyl (C=O) groups is 3. The first-order valence-corrected chi connectivity index (χ1v) is 7.82. The molecule has 1 heterocycles. The topological polar surface area (TPSA) is 87.2 Å². The Morgan fingerprint density at radius 2 is 2.12 bits per heavy atom. The Hall–Kier alpha value is -2.57. The Bertz CT molecular complexity index is 631. The average molecular weight is 334 g/mol. The van der Waals surface area contributed by atoms with Gasteiger partial charge in [0, 0.05) is 25.7 Å². The van der Waals surface area contributed by atoms with E-state index in [1.54, 1.807) is 31.3 Å². The first-order chi connectivity index (χ1) is 11.4. The molecular weight excluding hydrogens is 312 g/mol. The van der Waals surface area contributed by atoms with Crippen LogP contribution in [0.5, 0.6) is 5.75 Å². The van der Waals surface area contributed by atoms with Gasteiger partial charge >= 0.3 is 5.97 Å². The molecule has 1 fully saturated rings. The Morgan fingerprint density at radius 1 is 1.38 bits per heavy atom. The summed E-state index contributed by atoms with van der Waals surface area (Å²) in [6, 6.07) is 6.73. The second-order valence-corrected chi connectivity index (χ2v) is 5.91. The minimum atomic E-state index is -0.881. The van der Waals surface area contributed by atoms with Crippen molar-refractivity contribution in [3.63, 3.8) is 0 Å². The lowest BCUT2D eigenvalue weighted by molar-refractivity contribution is -0.145. The van der Waals surface area contributed by atoms with Gasteiger partial charge in [-0.3, -0.25) is 14.4 Å². The number of hydrogen-bond donors (Lipinski definition) is 1. The number of benzene rings is 1. The lowest BCUT2D eigenvalue weighted by Crippen LogP contribution is -2.46. The minimum Gasteiger partial charge on any atom is -0.497 e. The van der Waals surface area contributed by atoms with E-state index in [1.165, 1.54) is 16.9 Å². The number of carbonyl (C=O) groups excluding carboxylic acids is 2. The predicted molar refractivity (Wildman–Crippen MR) is 86.9 cm³/mol. The number of piperidine rings is 1. The molecule has 0 radical (unpaired) electrons. The standard InChI is InChI=1S/C17H22N2O5/c1-18(16(21)12-5-3-7-14(9-12)24-2)11-15(20)19-8-4-6-13(10-19)17(22)23/h3,5,7,9,13H,4,6,8,10-11H2,1-2H3,(H,22,23). The molecule has 1 unspecified atom stereocenters. The maximum atomic E-state index is 12.4. The molecule has 1 saturated heterocycles. The van der Waals surface area contributed by atoms with Crippen LogP contribution in [0.25, 0.3) is 0 Å². The molecule has 0 saturated carbocycles. The highest BCUT2D eigenvalue weighted by molar-refractivity contribution is 5.96. The van der Waals surface area contributed by atoms with E-state index in [9.17, 15) is 14.4 Å². The van der Waals surface area contributed by atoms with Gasteiger partial charge in [-0.2, -0.15) is 0 Å². The van der Waals surface area contributed by atoms with Crippen molar-refractivity contribution < 1.29 is 24.2 Å². The van der Waals surface area contributed by atoms with E-state index >= 15 is 0 Å². The van der Waals surface area contributed by atoms with Crippen molar-refractivity contribution in [1.29, 1.82) is 0 Å². The number of carboxylic acids is 1. The number of carboxylic acid groups (broad SMARTS) is 1. The third-order valence-electron chi connectivity index (χ3n) is 4.16. The molecule has 1 atom stereocenters. The lowest BCUT2D eigenvalue weighted by Gasteiger charge is -2.32. The number of methoxy groups -OCH3 is 1. The summed E-state index contributed by atoms with van der Waals surface area (Å²) in [5.41, 5.74) is 0.437. The van der Waals surface area contributed by atoms with Crippen molar-refractivity contribution in [2.24, 2.45) is 5.92 Å². The number of rotatable bonds is 5. The van der Waals surface area contributed by atoms with Crippen LogP contribution in [0.1, 0.15) is 23.2 Å². The summed E-state index contributed by atoms with van der Waals surface area (Å²) in [4.78, 5) is 38.7. The van der Waals surface area contributed by atoms with Crippen LogP contribution in [0.2, 0.25) is 0 Å². The zero-order valence-corrected chi connectivity index (χ0v) is 13.9. The molecule has 2 amide bonds. The molecule has 7 nitrogen and oxygen atoms in total. The van der Waals surface area contributed by atoms with Crippen molar-refractivity contribution in [2.45, 2.75) is 12.8 Å². The van der Waals surface area contributed by atoms with Gasteiger partial charge in [0.1, 0.15) is 5.75 Å². The van der Waals surface area contributed by atoms with Crippen molar-refractivity contribution in [2.75, 3.05) is 33.8 Å². The molecule has 130 valence electrons. The molecule has 24 heavy (non-hydrogen) atoms. The van der Waals surface area contributed by atoms with Crippen molar-refractivity contribution in [1.82, 2.24) is 9.80 Å². The SMILES string of the molecule is COc1cccc(C(=O)N(C)CC(=O)N2CCCC(C(=O)O)C2)c1. The first-order valence-electron chi connectivity index (χ1n) is 7.82. The van der Waals surface area contributed by atoms with Gasteiger partial charge in [-0.05, 0) is 31.0 Å². The summed E-state index contributed by atoms with van der Waals surface area (Å²) in [5, 5.41) is 9.09. The van der Waals surface area contributed by atoms with Gasteiger partial charge < -0.3 is 19.6 Å². The van der Waals surface area contributed by atoms with Gasteiger partial charge in [-0.1, -0.05) is 6.07 Å². The van der Waals surface area contributed by atoms with Crippen LogP contribution in [0.4, 0.5) is 0 Å². The van der Waals surface area contributed by atoms with Crippen LogP contribution in [-0.2, 0) is 9.59 Å². The summed E-state index contributed by atoms with van der Waals surface area (Å²) < 4.78 is 5.09. The summed E-state index contributed by atoms with van der Waals surface area (Å²) in [5.74, 6) is -1.36. The number of amides is 2. The fourth-order valence-corrected chi connectivity index (χ4v) is 2.76. The van der Waals surface area contributed by atoms with E-state index in [2.05, 4.69) is 0 Å². The number of ether oxygens (including phenoxy) is 1. The predicted octanol–water partition coefficient (Wildman–Crippen LogP) is 1.09. The highest BCUT2D eigenvalue weighted by atomic mass is 16.5. The van der Waals surface area contributed by atoms with Crippen LogP contribution >= 0.6 is 0 Å². The summed E-state index contributed by atoms with van der Waals surface area (Å²) in [7, 11) is 3.07. The minimum absolute atomic E-state index is 0.0810. The van der Waals surface area contributed by atoms with E-state index in [0.717, 1.165) is 0 Å². The zero-order chi connectivity index (χ0) is 17.7.